The third-order valence-electron chi connectivity index (χ3n) is 2.22. The number of hydrogen-bond acceptors (Lipinski definition) is 2. The van der Waals surface area contributed by atoms with Crippen LogP contribution in [0.1, 0.15) is 24.0 Å². The van der Waals surface area contributed by atoms with Gasteiger partial charge in [-0.05, 0) is 17.2 Å². The summed E-state index contributed by atoms with van der Waals surface area (Å²) in [6.07, 6.45) is 0. The van der Waals surface area contributed by atoms with Crippen LogP contribution in [0.4, 0.5) is 0 Å². The summed E-state index contributed by atoms with van der Waals surface area (Å²) in [5.41, 5.74) is 2.03. The average molecular weight is 215 g/mol. The van der Waals surface area contributed by atoms with E-state index in [4.69, 9.17) is 21.4 Å². The summed E-state index contributed by atoms with van der Waals surface area (Å²) in [7, 11) is 1.64. The van der Waals surface area contributed by atoms with E-state index in [-0.39, 0.29) is 12.5 Å². The molecule has 0 bridgehead atoms. The first kappa shape index (κ1) is 11.5. The molecule has 1 atom stereocenters. The molecule has 1 N–H and O–H groups in total. The van der Waals surface area contributed by atoms with E-state index in [2.05, 4.69) is 0 Å². The number of rotatable bonds is 4. The first-order chi connectivity index (χ1) is 6.69. The van der Waals surface area contributed by atoms with E-state index in [1.54, 1.807) is 7.11 Å². The molecule has 0 aliphatic rings. The summed E-state index contributed by atoms with van der Waals surface area (Å²) in [4.78, 5) is 0. The number of aliphatic hydroxyl groups is 1. The molecule has 1 unspecified atom stereocenters. The van der Waals surface area contributed by atoms with Crippen LogP contribution in [0.25, 0.3) is 0 Å². The molecule has 0 heterocycles. The second-order valence-electron chi connectivity index (χ2n) is 3.37. The fourth-order valence-electron chi connectivity index (χ4n) is 1.25. The Morgan fingerprint density at radius 1 is 1.50 bits per heavy atom. The summed E-state index contributed by atoms with van der Waals surface area (Å²) < 4.78 is 5.00. The molecule has 0 amide bonds. The van der Waals surface area contributed by atoms with Crippen LogP contribution in [0.15, 0.2) is 18.2 Å². The fourth-order valence-corrected chi connectivity index (χ4v) is 1.49. The Kier molecular flexibility index (Phi) is 4.39. The van der Waals surface area contributed by atoms with Gasteiger partial charge in [0.25, 0.3) is 0 Å². The molecule has 0 aliphatic heterocycles. The van der Waals surface area contributed by atoms with Crippen molar-refractivity contribution in [2.24, 2.45) is 0 Å². The van der Waals surface area contributed by atoms with Crippen molar-refractivity contribution in [3.8, 4) is 0 Å². The topological polar surface area (TPSA) is 29.5 Å². The Hall–Kier alpha value is -0.570. The minimum atomic E-state index is 0.129. The largest absolute Gasteiger partial charge is 0.396 e. The molecule has 2 nitrogen and oxygen atoms in total. The SMILES string of the molecule is COCc1ccc(C(C)CO)cc1Cl. The monoisotopic (exact) mass is 214 g/mol. The van der Waals surface area contributed by atoms with Crippen molar-refractivity contribution in [3.63, 3.8) is 0 Å². The summed E-state index contributed by atoms with van der Waals surface area (Å²) >= 11 is 6.05. The van der Waals surface area contributed by atoms with Gasteiger partial charge in [-0.1, -0.05) is 30.7 Å². The Morgan fingerprint density at radius 2 is 2.21 bits per heavy atom. The third-order valence-corrected chi connectivity index (χ3v) is 2.57. The average Bonchev–Trinajstić information content (AvgIpc) is 2.20. The van der Waals surface area contributed by atoms with Gasteiger partial charge >= 0.3 is 0 Å². The van der Waals surface area contributed by atoms with Crippen LogP contribution in [0.2, 0.25) is 5.02 Å². The summed E-state index contributed by atoms with van der Waals surface area (Å²) in [5, 5.41) is 9.68. The van der Waals surface area contributed by atoms with Crippen LogP contribution < -0.4 is 0 Å². The van der Waals surface area contributed by atoms with E-state index in [9.17, 15) is 0 Å². The highest BCUT2D eigenvalue weighted by molar-refractivity contribution is 6.31. The normalized spacial score (nSPS) is 12.9. The van der Waals surface area contributed by atoms with Crippen molar-refractivity contribution in [2.45, 2.75) is 19.4 Å². The van der Waals surface area contributed by atoms with E-state index in [0.717, 1.165) is 11.1 Å². The van der Waals surface area contributed by atoms with E-state index >= 15 is 0 Å². The predicted molar refractivity (Wildman–Crippen MR) is 57.7 cm³/mol. The molecular formula is C11H15ClO2. The van der Waals surface area contributed by atoms with Crippen molar-refractivity contribution in [2.75, 3.05) is 13.7 Å². The lowest BCUT2D eigenvalue weighted by atomic mass is 10.0. The second kappa shape index (κ2) is 5.35. The van der Waals surface area contributed by atoms with Crippen LogP contribution in [-0.2, 0) is 11.3 Å². The van der Waals surface area contributed by atoms with Crippen molar-refractivity contribution >= 4 is 11.6 Å². The van der Waals surface area contributed by atoms with Crippen molar-refractivity contribution in [3.05, 3.63) is 34.3 Å². The van der Waals surface area contributed by atoms with Gasteiger partial charge in [0, 0.05) is 24.7 Å². The van der Waals surface area contributed by atoms with Crippen molar-refractivity contribution in [1.82, 2.24) is 0 Å². The van der Waals surface area contributed by atoms with Gasteiger partial charge in [-0.3, -0.25) is 0 Å². The maximum absolute atomic E-state index is 8.98. The zero-order chi connectivity index (χ0) is 10.6. The Balaban J connectivity index is 2.88. The van der Waals surface area contributed by atoms with Gasteiger partial charge in [0.1, 0.15) is 0 Å². The Bertz CT molecular complexity index is 299. The lowest BCUT2D eigenvalue weighted by Gasteiger charge is -2.10. The molecule has 14 heavy (non-hydrogen) atoms. The maximum atomic E-state index is 8.98. The molecule has 0 spiro atoms. The van der Waals surface area contributed by atoms with Gasteiger partial charge in [0.15, 0.2) is 0 Å². The molecule has 0 aromatic heterocycles. The number of methoxy groups -OCH3 is 1. The van der Waals surface area contributed by atoms with Crippen LogP contribution >= 0.6 is 11.6 Å². The molecule has 1 aromatic rings. The zero-order valence-corrected chi connectivity index (χ0v) is 9.21. The van der Waals surface area contributed by atoms with E-state index in [0.29, 0.717) is 11.6 Å². The minimum Gasteiger partial charge on any atom is -0.396 e. The molecule has 0 saturated carbocycles. The third kappa shape index (κ3) is 2.71. The first-order valence-corrected chi connectivity index (χ1v) is 4.95. The molecule has 1 rings (SSSR count). The van der Waals surface area contributed by atoms with Crippen LogP contribution in [0, 0.1) is 0 Å². The van der Waals surface area contributed by atoms with Crippen LogP contribution in [0.5, 0.6) is 0 Å². The van der Waals surface area contributed by atoms with Gasteiger partial charge in [-0.15, -0.1) is 0 Å². The van der Waals surface area contributed by atoms with Crippen LogP contribution in [0.3, 0.4) is 0 Å². The predicted octanol–water partition coefficient (Wildman–Crippen LogP) is 2.58. The van der Waals surface area contributed by atoms with E-state index in [1.165, 1.54) is 0 Å². The summed E-state index contributed by atoms with van der Waals surface area (Å²) in [6.45, 7) is 2.62. The van der Waals surface area contributed by atoms with E-state index in [1.807, 2.05) is 25.1 Å². The number of hydrogen-bond donors (Lipinski definition) is 1. The fraction of sp³-hybridized carbons (Fsp3) is 0.455. The number of aliphatic hydroxyl groups excluding tert-OH is 1. The zero-order valence-electron chi connectivity index (χ0n) is 8.46. The number of benzene rings is 1. The second-order valence-corrected chi connectivity index (χ2v) is 3.77. The standard InChI is InChI=1S/C11H15ClO2/c1-8(6-13)9-3-4-10(7-14-2)11(12)5-9/h3-5,8,13H,6-7H2,1-2H3. The van der Waals surface area contributed by atoms with Crippen molar-refractivity contribution < 1.29 is 9.84 Å². The number of ether oxygens (including phenoxy) is 1. The minimum absolute atomic E-state index is 0.129. The van der Waals surface area contributed by atoms with E-state index < -0.39 is 0 Å². The summed E-state index contributed by atoms with van der Waals surface area (Å²) in [6, 6.07) is 5.80. The van der Waals surface area contributed by atoms with Crippen molar-refractivity contribution in [1.29, 1.82) is 0 Å². The van der Waals surface area contributed by atoms with Crippen LogP contribution in [-0.4, -0.2) is 18.8 Å². The molecule has 0 aliphatic carbocycles. The lowest BCUT2D eigenvalue weighted by Crippen LogP contribution is -1.99. The molecule has 3 heteroatoms. The van der Waals surface area contributed by atoms with Gasteiger partial charge < -0.3 is 9.84 Å². The highest BCUT2D eigenvalue weighted by atomic mass is 35.5. The first-order valence-electron chi connectivity index (χ1n) is 4.57. The lowest BCUT2D eigenvalue weighted by molar-refractivity contribution is 0.185. The van der Waals surface area contributed by atoms with Gasteiger partial charge in [0.05, 0.1) is 6.61 Å². The number of halogens is 1. The van der Waals surface area contributed by atoms with Gasteiger partial charge in [0.2, 0.25) is 0 Å². The highest BCUT2D eigenvalue weighted by Crippen LogP contribution is 2.23. The Labute approximate surface area is 89.5 Å². The molecular weight excluding hydrogens is 200 g/mol. The highest BCUT2D eigenvalue weighted by Gasteiger charge is 2.06. The molecule has 78 valence electrons. The quantitative estimate of drug-likeness (QED) is 0.835. The van der Waals surface area contributed by atoms with Gasteiger partial charge in [-0.2, -0.15) is 0 Å². The maximum Gasteiger partial charge on any atom is 0.0727 e. The smallest absolute Gasteiger partial charge is 0.0727 e. The molecule has 0 radical (unpaired) electrons. The Morgan fingerprint density at radius 3 is 2.71 bits per heavy atom. The molecule has 1 aromatic carbocycles. The molecule has 0 fully saturated rings. The molecule has 0 saturated heterocycles. The summed E-state index contributed by atoms with van der Waals surface area (Å²) in [5.74, 6) is 0.129. The van der Waals surface area contributed by atoms with Gasteiger partial charge in [-0.25, -0.2) is 0 Å².